The van der Waals surface area contributed by atoms with Gasteiger partial charge in [0, 0.05) is 44.4 Å². The first-order valence-electron chi connectivity index (χ1n) is 8.77. The molecule has 26 heavy (non-hydrogen) atoms. The lowest BCUT2D eigenvalue weighted by Gasteiger charge is -2.33. The van der Waals surface area contributed by atoms with Gasteiger partial charge in [-0.3, -0.25) is 4.79 Å². The van der Waals surface area contributed by atoms with Crippen molar-refractivity contribution in [2.75, 3.05) is 31.1 Å². The number of aliphatic carboxylic acids is 1. The van der Waals surface area contributed by atoms with Gasteiger partial charge in [-0.2, -0.15) is 0 Å². The molecule has 1 saturated heterocycles. The number of fused-ring (bicyclic) bond motifs is 1. The van der Waals surface area contributed by atoms with E-state index in [0.717, 1.165) is 11.3 Å². The van der Waals surface area contributed by atoms with Gasteiger partial charge in [0.2, 0.25) is 5.95 Å². The van der Waals surface area contributed by atoms with Gasteiger partial charge in [0.1, 0.15) is 11.6 Å². The molecule has 0 saturated carbocycles. The Morgan fingerprint density at radius 3 is 2.81 bits per heavy atom. The predicted molar refractivity (Wildman–Crippen MR) is 94.0 cm³/mol. The summed E-state index contributed by atoms with van der Waals surface area (Å²) in [6, 6.07) is -0.619. The number of nitrogens with zero attached hydrogens (tertiary/aromatic N) is 4. The summed E-state index contributed by atoms with van der Waals surface area (Å²) >= 11 is 0. The summed E-state index contributed by atoms with van der Waals surface area (Å²) < 4.78 is 5.42. The van der Waals surface area contributed by atoms with Crippen LogP contribution in [0.1, 0.15) is 32.0 Å². The van der Waals surface area contributed by atoms with Crippen LogP contribution >= 0.6 is 0 Å². The van der Waals surface area contributed by atoms with Gasteiger partial charge in [-0.25, -0.2) is 14.8 Å². The van der Waals surface area contributed by atoms with Crippen molar-refractivity contribution in [3.63, 3.8) is 0 Å². The molecule has 0 radical (unpaired) electrons. The molecular weight excluding hydrogens is 338 g/mol. The lowest BCUT2D eigenvalue weighted by Crippen LogP contribution is -2.54. The van der Waals surface area contributed by atoms with Crippen LogP contribution in [0.15, 0.2) is 6.20 Å². The fourth-order valence-corrected chi connectivity index (χ4v) is 3.04. The van der Waals surface area contributed by atoms with Gasteiger partial charge in [0.15, 0.2) is 0 Å². The summed E-state index contributed by atoms with van der Waals surface area (Å²) in [5, 5.41) is 12.1. The zero-order valence-corrected chi connectivity index (χ0v) is 15.4. The molecule has 9 heteroatoms. The predicted octanol–water partition coefficient (Wildman–Crippen LogP) is 0.633. The maximum Gasteiger partial charge on any atom is 0.410 e. The third-order valence-corrected chi connectivity index (χ3v) is 4.33. The van der Waals surface area contributed by atoms with E-state index in [2.05, 4.69) is 15.3 Å². The number of carboxylic acid groups (broad SMARTS) is 1. The van der Waals surface area contributed by atoms with Gasteiger partial charge >= 0.3 is 12.1 Å². The first-order valence-corrected chi connectivity index (χ1v) is 8.77. The molecule has 2 aliphatic heterocycles. The summed E-state index contributed by atoms with van der Waals surface area (Å²) in [5.74, 6) is -0.331. The third-order valence-electron chi connectivity index (χ3n) is 4.33. The summed E-state index contributed by atoms with van der Waals surface area (Å²) in [6.45, 7) is 8.05. The molecule has 0 spiro atoms. The van der Waals surface area contributed by atoms with Crippen molar-refractivity contribution in [1.29, 1.82) is 0 Å². The average molecular weight is 363 g/mol. The standard InChI is InChI=1S/C17H25N5O4/c1-17(2,3)26-16(25)22-6-4-12-11(9-22)8-19-15(20-12)21-7-5-18-13(10-21)14(23)24/h8,13,18H,4-7,9-10H2,1-3H3,(H,23,24)/t13-/m1/s1. The molecule has 3 heterocycles. The minimum Gasteiger partial charge on any atom is -0.480 e. The van der Waals surface area contributed by atoms with Gasteiger partial charge in [-0.1, -0.05) is 0 Å². The Hall–Kier alpha value is -2.42. The summed E-state index contributed by atoms with van der Waals surface area (Å²) in [6.07, 6.45) is 2.02. The van der Waals surface area contributed by atoms with Crippen LogP contribution in [0.5, 0.6) is 0 Å². The fourth-order valence-electron chi connectivity index (χ4n) is 3.04. The van der Waals surface area contributed by atoms with Crippen LogP contribution in [0.2, 0.25) is 0 Å². The highest BCUT2D eigenvalue weighted by molar-refractivity contribution is 5.74. The van der Waals surface area contributed by atoms with Crippen LogP contribution < -0.4 is 10.2 Å². The first-order chi connectivity index (χ1) is 12.2. The van der Waals surface area contributed by atoms with E-state index in [1.54, 1.807) is 11.1 Å². The number of piperazine rings is 1. The number of carbonyl (C=O) groups excluding carboxylic acids is 1. The maximum atomic E-state index is 12.2. The number of ether oxygens (including phenoxy) is 1. The minimum atomic E-state index is -0.874. The van der Waals surface area contributed by atoms with E-state index >= 15 is 0 Å². The number of anilines is 1. The Morgan fingerprint density at radius 1 is 1.35 bits per heavy atom. The minimum absolute atomic E-state index is 0.332. The molecule has 1 atom stereocenters. The highest BCUT2D eigenvalue weighted by Crippen LogP contribution is 2.21. The van der Waals surface area contributed by atoms with Crippen molar-refractivity contribution >= 4 is 18.0 Å². The largest absolute Gasteiger partial charge is 0.480 e. The van der Waals surface area contributed by atoms with Crippen molar-refractivity contribution in [3.05, 3.63) is 17.5 Å². The molecular formula is C17H25N5O4. The van der Waals surface area contributed by atoms with Gasteiger partial charge in [0.25, 0.3) is 0 Å². The number of aromatic nitrogens is 2. The maximum absolute atomic E-state index is 12.2. The number of carbonyl (C=O) groups is 2. The summed E-state index contributed by atoms with van der Waals surface area (Å²) in [7, 11) is 0. The molecule has 0 aliphatic carbocycles. The van der Waals surface area contributed by atoms with Gasteiger partial charge < -0.3 is 25.0 Å². The molecule has 0 unspecified atom stereocenters. The molecule has 9 nitrogen and oxygen atoms in total. The van der Waals surface area contributed by atoms with E-state index in [-0.39, 0.29) is 6.09 Å². The van der Waals surface area contributed by atoms with E-state index in [1.165, 1.54) is 0 Å². The molecule has 0 bridgehead atoms. The lowest BCUT2D eigenvalue weighted by atomic mass is 10.1. The Balaban J connectivity index is 1.69. The molecule has 1 amide bonds. The van der Waals surface area contributed by atoms with E-state index in [1.807, 2.05) is 25.7 Å². The molecule has 3 rings (SSSR count). The van der Waals surface area contributed by atoms with E-state index in [0.29, 0.717) is 45.1 Å². The molecule has 142 valence electrons. The quantitative estimate of drug-likeness (QED) is 0.788. The molecule has 1 fully saturated rings. The van der Waals surface area contributed by atoms with E-state index < -0.39 is 17.6 Å². The van der Waals surface area contributed by atoms with Crippen LogP contribution in [0.3, 0.4) is 0 Å². The molecule has 2 aliphatic rings. The topological polar surface area (TPSA) is 108 Å². The molecule has 1 aromatic rings. The third kappa shape index (κ3) is 4.21. The van der Waals surface area contributed by atoms with Gasteiger partial charge in [-0.05, 0) is 20.8 Å². The zero-order valence-electron chi connectivity index (χ0n) is 15.4. The SMILES string of the molecule is CC(C)(C)OC(=O)N1CCc2nc(N3CCN[C@@H](C(=O)O)C3)ncc2C1. The van der Waals surface area contributed by atoms with Gasteiger partial charge in [-0.15, -0.1) is 0 Å². The van der Waals surface area contributed by atoms with Crippen molar-refractivity contribution < 1.29 is 19.4 Å². The van der Waals surface area contributed by atoms with Crippen LogP contribution in [0.25, 0.3) is 0 Å². The number of rotatable bonds is 2. The number of hydrogen-bond acceptors (Lipinski definition) is 7. The van der Waals surface area contributed by atoms with Crippen LogP contribution in [0.4, 0.5) is 10.7 Å². The van der Waals surface area contributed by atoms with E-state index in [9.17, 15) is 14.7 Å². The number of hydrogen-bond donors (Lipinski definition) is 2. The second-order valence-electron chi connectivity index (χ2n) is 7.58. The number of nitrogens with one attached hydrogen (secondary N) is 1. The first kappa shape index (κ1) is 18.4. The monoisotopic (exact) mass is 363 g/mol. The van der Waals surface area contributed by atoms with Crippen LogP contribution in [-0.2, 0) is 22.5 Å². The number of amides is 1. The van der Waals surface area contributed by atoms with Gasteiger partial charge in [0.05, 0.1) is 12.2 Å². The highest BCUT2D eigenvalue weighted by Gasteiger charge is 2.29. The Labute approximate surface area is 152 Å². The zero-order chi connectivity index (χ0) is 18.9. The molecule has 0 aromatic carbocycles. The van der Waals surface area contributed by atoms with Crippen LogP contribution in [-0.4, -0.2) is 69.9 Å². The normalized spacial score (nSPS) is 20.5. The second kappa shape index (κ2) is 7.06. The van der Waals surface area contributed by atoms with Crippen molar-refractivity contribution in [2.45, 2.75) is 45.4 Å². The van der Waals surface area contributed by atoms with E-state index in [4.69, 9.17) is 4.74 Å². The van der Waals surface area contributed by atoms with Crippen molar-refractivity contribution in [2.24, 2.45) is 0 Å². The highest BCUT2D eigenvalue weighted by atomic mass is 16.6. The van der Waals surface area contributed by atoms with Crippen molar-refractivity contribution in [3.8, 4) is 0 Å². The fraction of sp³-hybridized carbons (Fsp3) is 0.647. The Kier molecular flexibility index (Phi) is 4.99. The average Bonchev–Trinajstić information content (AvgIpc) is 2.59. The summed E-state index contributed by atoms with van der Waals surface area (Å²) in [4.78, 5) is 36.0. The van der Waals surface area contributed by atoms with Crippen molar-refractivity contribution in [1.82, 2.24) is 20.2 Å². The lowest BCUT2D eigenvalue weighted by molar-refractivity contribution is -0.139. The second-order valence-corrected chi connectivity index (χ2v) is 7.58. The van der Waals surface area contributed by atoms with Crippen LogP contribution in [0, 0.1) is 0 Å². The molecule has 1 aromatic heterocycles. The smallest absolute Gasteiger partial charge is 0.410 e. The number of carboxylic acids is 1. The molecule has 2 N–H and O–H groups in total. The summed E-state index contributed by atoms with van der Waals surface area (Å²) in [5.41, 5.74) is 1.27. The Bertz CT molecular complexity index is 703. The Morgan fingerprint density at radius 2 is 2.12 bits per heavy atom.